The predicted molar refractivity (Wildman–Crippen MR) is 81.7 cm³/mol. The number of amides is 1. The molecule has 1 aromatic carbocycles. The van der Waals surface area contributed by atoms with E-state index in [1.165, 1.54) is 25.7 Å². The first-order valence-corrected chi connectivity index (χ1v) is 7.56. The largest absolute Gasteiger partial charge is 0.397 e. The molecule has 4 heteroatoms. The van der Waals surface area contributed by atoms with Crippen molar-refractivity contribution < 1.29 is 4.79 Å². The fourth-order valence-electron chi connectivity index (χ4n) is 2.98. The Balaban J connectivity index is 1.63. The van der Waals surface area contributed by atoms with Crippen molar-refractivity contribution in [2.24, 2.45) is 11.3 Å². The number of nitrogens with two attached hydrogens (primary N) is 1. The van der Waals surface area contributed by atoms with Gasteiger partial charge in [0.2, 0.25) is 0 Å². The van der Waals surface area contributed by atoms with E-state index in [-0.39, 0.29) is 5.91 Å². The van der Waals surface area contributed by atoms with Crippen LogP contribution in [0.4, 0.5) is 11.4 Å². The molecule has 0 radical (unpaired) electrons. The minimum atomic E-state index is -0.0672. The lowest BCUT2D eigenvalue weighted by molar-refractivity contribution is 0.0956. The summed E-state index contributed by atoms with van der Waals surface area (Å²) in [6.07, 6.45) is 5.49. The van der Waals surface area contributed by atoms with Crippen LogP contribution in [0.15, 0.2) is 18.2 Å². The van der Waals surface area contributed by atoms with Crippen LogP contribution in [0.2, 0.25) is 0 Å². The van der Waals surface area contributed by atoms with Gasteiger partial charge in [0, 0.05) is 18.7 Å². The minimum Gasteiger partial charge on any atom is -0.397 e. The predicted octanol–water partition coefficient (Wildman–Crippen LogP) is 2.62. The average molecular weight is 273 g/mol. The number of hydrogen-bond donors (Lipinski definition) is 3. The second-order valence-corrected chi connectivity index (χ2v) is 6.15. The summed E-state index contributed by atoms with van der Waals surface area (Å²) in [4.78, 5) is 11.7. The molecule has 2 saturated carbocycles. The van der Waals surface area contributed by atoms with Crippen molar-refractivity contribution >= 4 is 17.3 Å². The Morgan fingerprint density at radius 1 is 1.40 bits per heavy atom. The molecule has 3 rings (SSSR count). The van der Waals surface area contributed by atoms with Gasteiger partial charge >= 0.3 is 0 Å². The Labute approximate surface area is 120 Å². The molecule has 0 heterocycles. The van der Waals surface area contributed by atoms with E-state index in [1.54, 1.807) is 6.07 Å². The number of benzene rings is 1. The van der Waals surface area contributed by atoms with Crippen molar-refractivity contribution in [2.75, 3.05) is 24.1 Å². The number of hydrogen-bond acceptors (Lipinski definition) is 3. The third kappa shape index (κ3) is 2.60. The minimum absolute atomic E-state index is 0.0672. The Morgan fingerprint density at radius 3 is 2.70 bits per heavy atom. The molecule has 0 saturated heterocycles. The molecule has 2 aliphatic rings. The lowest BCUT2D eigenvalue weighted by atomic mass is 10.0. The Bertz CT molecular complexity index is 518. The zero-order valence-corrected chi connectivity index (χ0v) is 12.0. The molecule has 4 N–H and O–H groups in total. The van der Waals surface area contributed by atoms with Crippen LogP contribution in [-0.2, 0) is 0 Å². The summed E-state index contributed by atoms with van der Waals surface area (Å²) in [5.74, 6) is 0.869. The number of carbonyl (C=O) groups excluding carboxylic acids is 1. The van der Waals surface area contributed by atoms with Crippen LogP contribution in [0.5, 0.6) is 0 Å². The second kappa shape index (κ2) is 5.00. The van der Waals surface area contributed by atoms with Crippen LogP contribution < -0.4 is 16.4 Å². The van der Waals surface area contributed by atoms with Crippen molar-refractivity contribution in [3.63, 3.8) is 0 Å². The Hall–Kier alpha value is -1.71. The van der Waals surface area contributed by atoms with E-state index in [0.717, 1.165) is 18.2 Å². The van der Waals surface area contributed by atoms with Gasteiger partial charge in [0.15, 0.2) is 0 Å². The van der Waals surface area contributed by atoms with Crippen LogP contribution >= 0.6 is 0 Å². The standard InChI is InChI=1S/C16H23N3O/c1-2-18-15(20)11-3-6-14(13(17)9-11)19-10-16(7-8-16)12-4-5-12/h3,6,9,12,19H,2,4-5,7-8,10,17H2,1H3,(H,18,20). The highest BCUT2D eigenvalue weighted by molar-refractivity contribution is 5.96. The highest BCUT2D eigenvalue weighted by atomic mass is 16.1. The number of nitrogens with one attached hydrogen (secondary N) is 2. The number of carbonyl (C=O) groups is 1. The quantitative estimate of drug-likeness (QED) is 0.698. The first kappa shape index (κ1) is 13.3. The summed E-state index contributed by atoms with van der Waals surface area (Å²) in [6.45, 7) is 3.55. The van der Waals surface area contributed by atoms with Gasteiger partial charge in [-0.1, -0.05) is 0 Å². The van der Waals surface area contributed by atoms with E-state index in [2.05, 4.69) is 10.6 Å². The van der Waals surface area contributed by atoms with Gasteiger partial charge in [0.1, 0.15) is 0 Å². The second-order valence-electron chi connectivity index (χ2n) is 6.15. The maximum atomic E-state index is 11.7. The highest BCUT2D eigenvalue weighted by Crippen LogP contribution is 2.61. The summed E-state index contributed by atoms with van der Waals surface area (Å²) in [6, 6.07) is 5.51. The van der Waals surface area contributed by atoms with E-state index >= 15 is 0 Å². The summed E-state index contributed by atoms with van der Waals surface area (Å²) in [5.41, 5.74) is 8.83. The normalized spacial score (nSPS) is 19.4. The van der Waals surface area contributed by atoms with Crippen molar-refractivity contribution in [1.29, 1.82) is 0 Å². The number of anilines is 2. The zero-order chi connectivity index (χ0) is 14.2. The van der Waals surface area contributed by atoms with Crippen molar-refractivity contribution in [2.45, 2.75) is 32.6 Å². The molecular weight excluding hydrogens is 250 g/mol. The van der Waals surface area contributed by atoms with Gasteiger partial charge in [-0.05, 0) is 62.1 Å². The summed E-state index contributed by atoms with van der Waals surface area (Å²) in [5, 5.41) is 6.26. The average Bonchev–Trinajstić information content (AvgIpc) is 3.29. The molecule has 20 heavy (non-hydrogen) atoms. The monoisotopic (exact) mass is 273 g/mol. The summed E-state index contributed by atoms with van der Waals surface area (Å²) < 4.78 is 0. The molecule has 1 amide bonds. The van der Waals surface area contributed by atoms with E-state index < -0.39 is 0 Å². The van der Waals surface area contributed by atoms with Crippen molar-refractivity contribution in [1.82, 2.24) is 5.32 Å². The zero-order valence-electron chi connectivity index (χ0n) is 12.0. The molecule has 0 aliphatic heterocycles. The van der Waals surface area contributed by atoms with E-state index in [0.29, 0.717) is 23.2 Å². The van der Waals surface area contributed by atoms with E-state index in [9.17, 15) is 4.79 Å². The molecule has 0 aromatic heterocycles. The number of rotatable bonds is 6. The van der Waals surface area contributed by atoms with Crippen LogP contribution in [0, 0.1) is 11.3 Å². The molecular formula is C16H23N3O. The van der Waals surface area contributed by atoms with Gasteiger partial charge in [0.05, 0.1) is 11.4 Å². The van der Waals surface area contributed by atoms with Gasteiger partial charge < -0.3 is 16.4 Å². The molecule has 0 bridgehead atoms. The van der Waals surface area contributed by atoms with Crippen LogP contribution in [-0.4, -0.2) is 19.0 Å². The molecule has 2 fully saturated rings. The lowest BCUT2D eigenvalue weighted by Gasteiger charge is -2.17. The van der Waals surface area contributed by atoms with E-state index in [4.69, 9.17) is 5.73 Å². The summed E-state index contributed by atoms with van der Waals surface area (Å²) >= 11 is 0. The van der Waals surface area contributed by atoms with Crippen LogP contribution in [0.25, 0.3) is 0 Å². The highest BCUT2D eigenvalue weighted by Gasteiger charge is 2.53. The van der Waals surface area contributed by atoms with Gasteiger partial charge in [-0.15, -0.1) is 0 Å². The SMILES string of the molecule is CCNC(=O)c1ccc(NCC2(C3CC3)CC2)c(N)c1. The summed E-state index contributed by atoms with van der Waals surface area (Å²) in [7, 11) is 0. The third-order valence-corrected chi connectivity index (χ3v) is 4.62. The Kier molecular flexibility index (Phi) is 3.32. The maximum Gasteiger partial charge on any atom is 0.251 e. The van der Waals surface area contributed by atoms with Gasteiger partial charge in [0.25, 0.3) is 5.91 Å². The molecule has 1 aromatic rings. The molecule has 0 atom stereocenters. The molecule has 0 unspecified atom stereocenters. The van der Waals surface area contributed by atoms with Gasteiger partial charge in [-0.25, -0.2) is 0 Å². The smallest absolute Gasteiger partial charge is 0.251 e. The van der Waals surface area contributed by atoms with Gasteiger partial charge in [-0.3, -0.25) is 4.79 Å². The number of nitrogen functional groups attached to an aromatic ring is 1. The molecule has 0 spiro atoms. The van der Waals surface area contributed by atoms with Crippen LogP contribution in [0.3, 0.4) is 0 Å². The van der Waals surface area contributed by atoms with E-state index in [1.807, 2.05) is 19.1 Å². The first-order chi connectivity index (χ1) is 9.64. The van der Waals surface area contributed by atoms with Crippen molar-refractivity contribution in [3.05, 3.63) is 23.8 Å². The first-order valence-electron chi connectivity index (χ1n) is 7.56. The molecule has 108 valence electrons. The topological polar surface area (TPSA) is 67.2 Å². The fourth-order valence-corrected chi connectivity index (χ4v) is 2.98. The Morgan fingerprint density at radius 2 is 2.15 bits per heavy atom. The van der Waals surface area contributed by atoms with Crippen LogP contribution in [0.1, 0.15) is 43.0 Å². The molecule has 2 aliphatic carbocycles. The lowest BCUT2D eigenvalue weighted by Crippen LogP contribution is -2.23. The molecule has 4 nitrogen and oxygen atoms in total. The maximum absolute atomic E-state index is 11.7. The fraction of sp³-hybridized carbons (Fsp3) is 0.562. The van der Waals surface area contributed by atoms with Gasteiger partial charge in [-0.2, -0.15) is 0 Å². The van der Waals surface area contributed by atoms with Crippen molar-refractivity contribution in [3.8, 4) is 0 Å². The third-order valence-electron chi connectivity index (χ3n) is 4.62.